The molecule has 0 unspecified atom stereocenters. The minimum atomic E-state index is -0.264. The fourth-order valence-electron chi connectivity index (χ4n) is 4.71. The molecule has 0 fully saturated rings. The Bertz CT molecular complexity index is 1770. The van der Waals surface area contributed by atoms with Gasteiger partial charge in [-0.1, -0.05) is 37.3 Å². The number of pyridine rings is 1. The van der Waals surface area contributed by atoms with Crippen LogP contribution in [0.25, 0.3) is 55.4 Å². The number of anilines is 1. The van der Waals surface area contributed by atoms with E-state index in [4.69, 9.17) is 0 Å². The molecule has 3 aromatic heterocycles. The van der Waals surface area contributed by atoms with Gasteiger partial charge < -0.3 is 10.3 Å². The van der Waals surface area contributed by atoms with Crippen LogP contribution in [0.2, 0.25) is 0 Å². The molecule has 0 radical (unpaired) electrons. The van der Waals surface area contributed by atoms with Crippen LogP contribution in [0.3, 0.4) is 0 Å². The van der Waals surface area contributed by atoms with Gasteiger partial charge in [0, 0.05) is 34.5 Å². The standard InChI is InChI=1S/C30H24FN5O/c1-2-5-29(37)33-22-13-20(16-32-17-22)18-10-11-27-25(14-18)30(36-35-27)28-15-24-23(8-4-9-26(24)34-28)19-6-3-7-21(31)12-19/h3-4,6-17,34H,2,5H2,1H3,(H,33,37)(H,35,36). The normalized spacial score (nSPS) is 11.3. The summed E-state index contributed by atoms with van der Waals surface area (Å²) in [4.78, 5) is 19.8. The molecule has 37 heavy (non-hydrogen) atoms. The van der Waals surface area contributed by atoms with E-state index in [2.05, 4.69) is 37.6 Å². The average molecular weight is 490 g/mol. The van der Waals surface area contributed by atoms with Gasteiger partial charge in [0.05, 0.1) is 23.1 Å². The zero-order valence-electron chi connectivity index (χ0n) is 20.2. The summed E-state index contributed by atoms with van der Waals surface area (Å²) in [7, 11) is 0. The molecule has 3 aromatic carbocycles. The molecule has 0 saturated heterocycles. The van der Waals surface area contributed by atoms with Crippen LogP contribution in [0.5, 0.6) is 0 Å². The number of aromatic nitrogens is 4. The predicted octanol–water partition coefficient (Wildman–Crippen LogP) is 7.32. The zero-order chi connectivity index (χ0) is 25.4. The smallest absolute Gasteiger partial charge is 0.224 e. The first-order valence-corrected chi connectivity index (χ1v) is 12.2. The molecule has 1 amide bonds. The van der Waals surface area contributed by atoms with E-state index >= 15 is 0 Å². The molecule has 0 spiro atoms. The second-order valence-corrected chi connectivity index (χ2v) is 9.05. The summed E-state index contributed by atoms with van der Waals surface area (Å²) < 4.78 is 13.9. The van der Waals surface area contributed by atoms with Gasteiger partial charge in [-0.2, -0.15) is 5.10 Å². The number of nitrogens with zero attached hydrogens (tertiary/aromatic N) is 2. The predicted molar refractivity (Wildman–Crippen MR) is 146 cm³/mol. The first kappa shape index (κ1) is 22.7. The number of H-pyrrole nitrogens is 2. The van der Waals surface area contributed by atoms with Crippen molar-refractivity contribution in [2.75, 3.05) is 5.32 Å². The Balaban J connectivity index is 1.40. The van der Waals surface area contributed by atoms with Crippen LogP contribution in [0, 0.1) is 5.82 Å². The van der Waals surface area contributed by atoms with E-state index in [0.29, 0.717) is 12.1 Å². The maximum absolute atomic E-state index is 13.9. The number of carbonyl (C=O) groups excluding carboxylic acids is 1. The molecule has 7 heteroatoms. The molecule has 3 N–H and O–H groups in total. The number of amides is 1. The van der Waals surface area contributed by atoms with Crippen LogP contribution in [0.1, 0.15) is 19.8 Å². The van der Waals surface area contributed by atoms with Crippen molar-refractivity contribution >= 4 is 33.4 Å². The number of fused-ring (bicyclic) bond motifs is 2. The van der Waals surface area contributed by atoms with Gasteiger partial charge in [0.2, 0.25) is 5.91 Å². The van der Waals surface area contributed by atoms with E-state index in [0.717, 1.165) is 61.9 Å². The minimum Gasteiger partial charge on any atom is -0.353 e. The van der Waals surface area contributed by atoms with Crippen LogP contribution in [-0.2, 0) is 4.79 Å². The first-order valence-electron chi connectivity index (χ1n) is 12.2. The number of carbonyl (C=O) groups is 1. The molecule has 0 atom stereocenters. The number of hydrogen-bond donors (Lipinski definition) is 3. The van der Waals surface area contributed by atoms with Crippen molar-refractivity contribution in [2.24, 2.45) is 0 Å². The van der Waals surface area contributed by atoms with Crippen LogP contribution < -0.4 is 5.32 Å². The Hall–Kier alpha value is -4.78. The van der Waals surface area contributed by atoms with Crippen LogP contribution in [-0.4, -0.2) is 26.1 Å². The van der Waals surface area contributed by atoms with Crippen LogP contribution in [0.4, 0.5) is 10.1 Å². The molecule has 0 bridgehead atoms. The number of benzene rings is 3. The molecule has 0 aliphatic carbocycles. The van der Waals surface area contributed by atoms with Crippen molar-refractivity contribution in [3.05, 3.63) is 91.0 Å². The van der Waals surface area contributed by atoms with Crippen molar-refractivity contribution in [1.29, 1.82) is 0 Å². The number of halogens is 1. The molecule has 6 rings (SSSR count). The van der Waals surface area contributed by atoms with Gasteiger partial charge in [-0.05, 0) is 65.6 Å². The van der Waals surface area contributed by atoms with Gasteiger partial charge in [-0.15, -0.1) is 0 Å². The molecular weight excluding hydrogens is 465 g/mol. The molecule has 3 heterocycles. The Labute approximate surface area is 212 Å². The summed E-state index contributed by atoms with van der Waals surface area (Å²) in [5.74, 6) is -0.287. The monoisotopic (exact) mass is 489 g/mol. The number of rotatable bonds is 6. The van der Waals surface area contributed by atoms with E-state index in [9.17, 15) is 9.18 Å². The highest BCUT2D eigenvalue weighted by atomic mass is 19.1. The van der Waals surface area contributed by atoms with Crippen molar-refractivity contribution in [3.63, 3.8) is 0 Å². The van der Waals surface area contributed by atoms with Gasteiger partial charge in [-0.3, -0.25) is 14.9 Å². The van der Waals surface area contributed by atoms with E-state index in [1.165, 1.54) is 6.07 Å². The molecule has 0 saturated carbocycles. The van der Waals surface area contributed by atoms with Gasteiger partial charge in [0.15, 0.2) is 0 Å². The molecule has 182 valence electrons. The van der Waals surface area contributed by atoms with Crippen LogP contribution in [0.15, 0.2) is 85.2 Å². The van der Waals surface area contributed by atoms with E-state index in [1.807, 2.05) is 49.4 Å². The highest BCUT2D eigenvalue weighted by molar-refractivity contribution is 6.02. The molecule has 0 aliphatic rings. The van der Waals surface area contributed by atoms with Crippen molar-refractivity contribution in [1.82, 2.24) is 20.2 Å². The number of nitrogens with one attached hydrogen (secondary N) is 3. The third-order valence-corrected chi connectivity index (χ3v) is 6.45. The minimum absolute atomic E-state index is 0.0227. The Morgan fingerprint density at radius 2 is 1.78 bits per heavy atom. The SMILES string of the molecule is CCCC(=O)Nc1cncc(-c2ccc3[nH]nc(-c4cc5c(-c6cccc(F)c6)cccc5[nH]4)c3c2)c1. The number of hydrogen-bond acceptors (Lipinski definition) is 3. The van der Waals surface area contributed by atoms with E-state index in [1.54, 1.807) is 24.5 Å². The maximum atomic E-state index is 13.9. The van der Waals surface area contributed by atoms with E-state index < -0.39 is 0 Å². The quantitative estimate of drug-likeness (QED) is 0.229. The average Bonchev–Trinajstić information content (AvgIpc) is 3.52. The van der Waals surface area contributed by atoms with Gasteiger partial charge in [0.25, 0.3) is 0 Å². The summed E-state index contributed by atoms with van der Waals surface area (Å²) in [5, 5.41) is 12.6. The van der Waals surface area contributed by atoms with Gasteiger partial charge >= 0.3 is 0 Å². The third kappa shape index (κ3) is 4.36. The lowest BCUT2D eigenvalue weighted by atomic mass is 10.0. The fourth-order valence-corrected chi connectivity index (χ4v) is 4.71. The summed E-state index contributed by atoms with van der Waals surface area (Å²) >= 11 is 0. The number of aromatic amines is 2. The van der Waals surface area contributed by atoms with E-state index in [-0.39, 0.29) is 11.7 Å². The zero-order valence-corrected chi connectivity index (χ0v) is 20.2. The van der Waals surface area contributed by atoms with Gasteiger partial charge in [-0.25, -0.2) is 4.39 Å². The van der Waals surface area contributed by atoms with Crippen molar-refractivity contribution in [2.45, 2.75) is 19.8 Å². The van der Waals surface area contributed by atoms with Crippen LogP contribution >= 0.6 is 0 Å². The second kappa shape index (κ2) is 9.35. The Morgan fingerprint density at radius 1 is 0.892 bits per heavy atom. The lowest BCUT2D eigenvalue weighted by Crippen LogP contribution is -2.10. The Morgan fingerprint density at radius 3 is 2.65 bits per heavy atom. The highest BCUT2D eigenvalue weighted by Crippen LogP contribution is 2.35. The van der Waals surface area contributed by atoms with Crippen molar-refractivity contribution < 1.29 is 9.18 Å². The third-order valence-electron chi connectivity index (χ3n) is 6.45. The maximum Gasteiger partial charge on any atom is 0.224 e. The fraction of sp³-hybridized carbons (Fsp3) is 0.100. The second-order valence-electron chi connectivity index (χ2n) is 9.05. The first-order chi connectivity index (χ1) is 18.1. The summed E-state index contributed by atoms with van der Waals surface area (Å²) in [5.41, 5.74) is 7.81. The Kier molecular flexibility index (Phi) is 5.73. The summed E-state index contributed by atoms with van der Waals surface area (Å²) in [6, 6.07) is 22.6. The summed E-state index contributed by atoms with van der Waals surface area (Å²) in [6.07, 6.45) is 4.69. The van der Waals surface area contributed by atoms with Gasteiger partial charge in [0.1, 0.15) is 11.5 Å². The molecule has 6 aromatic rings. The lowest BCUT2D eigenvalue weighted by molar-refractivity contribution is -0.116. The summed E-state index contributed by atoms with van der Waals surface area (Å²) in [6.45, 7) is 1.97. The molecule has 0 aliphatic heterocycles. The van der Waals surface area contributed by atoms with Crippen molar-refractivity contribution in [3.8, 4) is 33.6 Å². The topological polar surface area (TPSA) is 86.5 Å². The lowest BCUT2D eigenvalue weighted by Gasteiger charge is -2.07. The molecule has 6 nitrogen and oxygen atoms in total. The highest BCUT2D eigenvalue weighted by Gasteiger charge is 2.15. The molecular formula is C30H24FN5O. The largest absolute Gasteiger partial charge is 0.353 e.